The maximum absolute atomic E-state index is 12.6. The van der Waals surface area contributed by atoms with Crippen molar-refractivity contribution in [2.24, 2.45) is 0 Å². The monoisotopic (exact) mass is 528 g/mol. The van der Waals surface area contributed by atoms with E-state index in [9.17, 15) is 19.8 Å². The highest BCUT2D eigenvalue weighted by atomic mass is 16.3. The Hall–Kier alpha value is -4.30. The fourth-order valence-corrected chi connectivity index (χ4v) is 4.77. The largest absolute Gasteiger partial charge is 0.508 e. The highest BCUT2D eigenvalue weighted by Crippen LogP contribution is 2.35. The van der Waals surface area contributed by atoms with Gasteiger partial charge in [-0.05, 0) is 91.1 Å². The molecule has 2 amide bonds. The zero-order chi connectivity index (χ0) is 27.8. The highest BCUT2D eigenvalue weighted by Gasteiger charge is 2.16. The quantitative estimate of drug-likeness (QED) is 0.174. The third-order valence-electron chi connectivity index (χ3n) is 6.76. The van der Waals surface area contributed by atoms with Crippen LogP contribution < -0.4 is 16.0 Å². The van der Waals surface area contributed by atoms with Crippen molar-refractivity contribution in [2.75, 3.05) is 19.6 Å². The van der Waals surface area contributed by atoms with Gasteiger partial charge in [0, 0.05) is 56.1 Å². The molecule has 0 saturated carbocycles. The second-order valence-electron chi connectivity index (χ2n) is 9.69. The van der Waals surface area contributed by atoms with Crippen molar-refractivity contribution < 1.29 is 19.8 Å². The topological polar surface area (TPSA) is 116 Å². The molecule has 204 valence electrons. The third-order valence-corrected chi connectivity index (χ3v) is 6.76. The summed E-state index contributed by atoms with van der Waals surface area (Å²) in [6.07, 6.45) is 1.67. The van der Waals surface area contributed by atoms with Gasteiger partial charge in [0.2, 0.25) is 5.91 Å². The Morgan fingerprint density at radius 3 is 2.26 bits per heavy atom. The van der Waals surface area contributed by atoms with E-state index >= 15 is 0 Å². The molecular formula is C31H36N4O4. The summed E-state index contributed by atoms with van der Waals surface area (Å²) in [6, 6.07) is 20.1. The van der Waals surface area contributed by atoms with Crippen LogP contribution in [0.3, 0.4) is 0 Å². The molecule has 0 spiro atoms. The van der Waals surface area contributed by atoms with Crippen molar-refractivity contribution in [3.05, 3.63) is 83.4 Å². The average Bonchev–Trinajstić information content (AvgIpc) is 3.19. The molecule has 8 heteroatoms. The Balaban J connectivity index is 1.30. The zero-order valence-electron chi connectivity index (χ0n) is 22.5. The number of aromatic nitrogens is 1. The number of aromatic hydroxyl groups is 2. The van der Waals surface area contributed by atoms with E-state index in [0.29, 0.717) is 31.7 Å². The van der Waals surface area contributed by atoms with Crippen LogP contribution >= 0.6 is 0 Å². The number of benzene rings is 3. The predicted octanol–water partition coefficient (Wildman–Crippen LogP) is 4.46. The summed E-state index contributed by atoms with van der Waals surface area (Å²) in [5.41, 5.74) is 5.87. The molecule has 0 aliphatic heterocycles. The lowest BCUT2D eigenvalue weighted by atomic mass is 10.1. The molecule has 8 nitrogen and oxygen atoms in total. The number of carbonyl (C=O) groups excluding carboxylic acids is 2. The maximum atomic E-state index is 12.6. The van der Waals surface area contributed by atoms with Gasteiger partial charge in [-0.2, -0.15) is 0 Å². The van der Waals surface area contributed by atoms with Crippen LogP contribution in [0.15, 0.2) is 66.7 Å². The second kappa shape index (κ2) is 13.0. The lowest BCUT2D eigenvalue weighted by Crippen LogP contribution is -2.29. The molecule has 4 rings (SSSR count). The van der Waals surface area contributed by atoms with Crippen LogP contribution in [-0.2, 0) is 17.9 Å². The lowest BCUT2D eigenvalue weighted by molar-refractivity contribution is -0.118. The smallest absolute Gasteiger partial charge is 0.251 e. The summed E-state index contributed by atoms with van der Waals surface area (Å²) in [7, 11) is 0. The molecule has 0 radical (unpaired) electrons. The summed E-state index contributed by atoms with van der Waals surface area (Å²) >= 11 is 0. The van der Waals surface area contributed by atoms with E-state index in [1.807, 2.05) is 49.4 Å². The van der Waals surface area contributed by atoms with Crippen LogP contribution in [0.5, 0.6) is 11.5 Å². The molecule has 0 atom stereocenters. The van der Waals surface area contributed by atoms with Crippen LogP contribution in [0.4, 0.5) is 0 Å². The minimum Gasteiger partial charge on any atom is -0.508 e. The normalized spacial score (nSPS) is 11.0. The minimum atomic E-state index is -0.0947. The highest BCUT2D eigenvalue weighted by molar-refractivity contribution is 5.94. The zero-order valence-corrected chi connectivity index (χ0v) is 22.5. The Bertz CT molecular complexity index is 1430. The molecule has 0 unspecified atom stereocenters. The van der Waals surface area contributed by atoms with E-state index in [4.69, 9.17) is 0 Å². The van der Waals surface area contributed by atoms with Gasteiger partial charge in [-0.15, -0.1) is 0 Å². The van der Waals surface area contributed by atoms with Crippen molar-refractivity contribution in [3.8, 4) is 22.8 Å². The fourth-order valence-electron chi connectivity index (χ4n) is 4.77. The molecule has 3 aromatic carbocycles. The van der Waals surface area contributed by atoms with Crippen molar-refractivity contribution in [1.82, 2.24) is 20.5 Å². The van der Waals surface area contributed by atoms with Crippen molar-refractivity contribution in [3.63, 3.8) is 0 Å². The average molecular weight is 529 g/mol. The fraction of sp³-hybridized carbons (Fsp3) is 0.290. The first-order valence-corrected chi connectivity index (χ1v) is 13.3. The third kappa shape index (κ3) is 7.18. The first-order valence-electron chi connectivity index (χ1n) is 13.3. The molecule has 0 fully saturated rings. The van der Waals surface area contributed by atoms with Crippen LogP contribution in [0, 0.1) is 6.92 Å². The van der Waals surface area contributed by atoms with Gasteiger partial charge in [0.25, 0.3) is 5.91 Å². The molecule has 1 aromatic heterocycles. The van der Waals surface area contributed by atoms with Crippen molar-refractivity contribution >= 4 is 22.7 Å². The number of fused-ring (bicyclic) bond motifs is 1. The summed E-state index contributed by atoms with van der Waals surface area (Å²) in [4.78, 5) is 23.5. The molecule has 1 heterocycles. The minimum absolute atomic E-state index is 0.0412. The van der Waals surface area contributed by atoms with Gasteiger partial charge in [0.1, 0.15) is 11.5 Å². The van der Waals surface area contributed by atoms with Gasteiger partial charge >= 0.3 is 0 Å². The number of phenolic OH excluding ortho intramolecular Hbond substituents is 2. The number of hydrogen-bond donors (Lipinski definition) is 5. The number of amides is 2. The van der Waals surface area contributed by atoms with Gasteiger partial charge in [-0.1, -0.05) is 12.1 Å². The number of phenols is 2. The summed E-state index contributed by atoms with van der Waals surface area (Å²) in [6.45, 7) is 6.80. The number of carbonyl (C=O) groups is 2. The van der Waals surface area contributed by atoms with Crippen molar-refractivity contribution in [2.45, 2.75) is 39.8 Å². The van der Waals surface area contributed by atoms with Crippen LogP contribution in [0.1, 0.15) is 41.3 Å². The molecular weight excluding hydrogens is 492 g/mol. The van der Waals surface area contributed by atoms with Crippen LogP contribution in [-0.4, -0.2) is 46.2 Å². The van der Waals surface area contributed by atoms with E-state index in [1.165, 1.54) is 6.92 Å². The van der Waals surface area contributed by atoms with E-state index in [2.05, 4.69) is 20.5 Å². The van der Waals surface area contributed by atoms with E-state index in [1.54, 1.807) is 24.3 Å². The number of nitrogens with one attached hydrogen (secondary N) is 3. The van der Waals surface area contributed by atoms with Gasteiger partial charge < -0.3 is 30.7 Å². The van der Waals surface area contributed by atoms with Gasteiger partial charge in [-0.25, -0.2) is 0 Å². The van der Waals surface area contributed by atoms with E-state index in [0.717, 1.165) is 52.7 Å². The van der Waals surface area contributed by atoms with E-state index < -0.39 is 0 Å². The molecule has 0 aliphatic rings. The standard InChI is InChI=1S/C31H36N4O4/c1-21-28-19-27(38)13-14-29(28)35(30(21)24-9-11-26(37)12-10-24)18-4-3-15-34-31(39)25-7-5-23(6-8-25)20-32-16-17-33-22(2)36/h5-14,19,32,37-38H,3-4,15-18,20H2,1-2H3,(H,33,36)(H,34,39). The van der Waals surface area contributed by atoms with E-state index in [-0.39, 0.29) is 23.3 Å². The molecule has 39 heavy (non-hydrogen) atoms. The van der Waals surface area contributed by atoms with Crippen LogP contribution in [0.25, 0.3) is 22.2 Å². The van der Waals surface area contributed by atoms with Crippen LogP contribution in [0.2, 0.25) is 0 Å². The molecule has 0 saturated heterocycles. The molecule has 0 aliphatic carbocycles. The summed E-state index contributed by atoms with van der Waals surface area (Å²) in [5, 5.41) is 29.8. The lowest BCUT2D eigenvalue weighted by Gasteiger charge is -2.13. The molecule has 4 aromatic rings. The first kappa shape index (κ1) is 27.7. The number of rotatable bonds is 12. The van der Waals surface area contributed by atoms with Gasteiger partial charge in [0.05, 0.1) is 5.69 Å². The van der Waals surface area contributed by atoms with Crippen molar-refractivity contribution in [1.29, 1.82) is 0 Å². The number of hydrogen-bond acceptors (Lipinski definition) is 5. The number of nitrogens with zero attached hydrogens (tertiary/aromatic N) is 1. The first-order chi connectivity index (χ1) is 18.8. The summed E-state index contributed by atoms with van der Waals surface area (Å²) in [5.74, 6) is 0.314. The Morgan fingerprint density at radius 2 is 1.54 bits per heavy atom. The van der Waals surface area contributed by atoms with Gasteiger partial charge in [-0.3, -0.25) is 9.59 Å². The second-order valence-corrected chi connectivity index (χ2v) is 9.69. The Morgan fingerprint density at radius 1 is 0.821 bits per heavy atom. The predicted molar refractivity (Wildman–Crippen MR) is 154 cm³/mol. The molecule has 5 N–H and O–H groups in total. The Labute approximate surface area is 228 Å². The molecule has 0 bridgehead atoms. The Kier molecular flexibility index (Phi) is 9.22. The summed E-state index contributed by atoms with van der Waals surface area (Å²) < 4.78 is 2.25. The number of unbranched alkanes of at least 4 members (excludes halogenated alkanes) is 1. The van der Waals surface area contributed by atoms with Gasteiger partial charge in [0.15, 0.2) is 0 Å². The SMILES string of the molecule is CC(=O)NCCNCc1ccc(C(=O)NCCCCn2c(-c3ccc(O)cc3)c(C)c3cc(O)ccc32)cc1. The number of aryl methyl sites for hydroxylation is 2. The maximum Gasteiger partial charge on any atom is 0.251 e.